The fourth-order valence-corrected chi connectivity index (χ4v) is 7.23. The molecule has 0 bridgehead atoms. The highest BCUT2D eigenvalue weighted by Gasteiger charge is 2.32. The predicted molar refractivity (Wildman–Crippen MR) is 102 cm³/mol. The Hall–Kier alpha value is -0.610. The van der Waals surface area contributed by atoms with Gasteiger partial charge in [-0.1, -0.05) is 70.4 Å². The van der Waals surface area contributed by atoms with Crippen molar-refractivity contribution in [3.05, 3.63) is 41.7 Å². The predicted octanol–water partition coefficient (Wildman–Crippen LogP) is 7.08. The minimum atomic E-state index is -0.892. The maximum atomic E-state index is 2.66. The Balaban J connectivity index is 2.86. The zero-order valence-corrected chi connectivity index (χ0v) is 15.2. The molecular formula is C20H34P+. The maximum Gasteiger partial charge on any atom is 0.0635 e. The van der Waals surface area contributed by atoms with E-state index in [9.17, 15) is 0 Å². The van der Waals surface area contributed by atoms with Crippen molar-refractivity contribution in [3.8, 4) is 0 Å². The summed E-state index contributed by atoms with van der Waals surface area (Å²) in [5.74, 6) is 2.66. The van der Waals surface area contributed by atoms with Crippen LogP contribution in [0.2, 0.25) is 0 Å². The summed E-state index contributed by atoms with van der Waals surface area (Å²) < 4.78 is 0. The number of unbranched alkanes of at least 4 members (excludes halogenated alkanes) is 3. The van der Waals surface area contributed by atoms with Crippen LogP contribution in [0.5, 0.6) is 0 Å². The summed E-state index contributed by atoms with van der Waals surface area (Å²) in [6.45, 7) is 6.99. The molecule has 118 valence electrons. The van der Waals surface area contributed by atoms with Gasteiger partial charge in [0.05, 0.1) is 24.3 Å². The van der Waals surface area contributed by atoms with Crippen LogP contribution in [0.15, 0.2) is 36.1 Å². The molecule has 1 aromatic carbocycles. The molecule has 0 spiro atoms. The molecule has 0 amide bonds. The van der Waals surface area contributed by atoms with Gasteiger partial charge in [0.2, 0.25) is 0 Å². The molecule has 0 saturated carbocycles. The molecule has 0 heterocycles. The van der Waals surface area contributed by atoms with E-state index in [0.717, 1.165) is 0 Å². The highest BCUT2D eigenvalue weighted by atomic mass is 31.2. The Morgan fingerprint density at radius 3 is 1.67 bits per heavy atom. The quantitative estimate of drug-likeness (QED) is 0.383. The van der Waals surface area contributed by atoms with E-state index in [1.165, 1.54) is 62.6 Å². The molecular weight excluding hydrogens is 271 g/mol. The number of rotatable bonds is 11. The van der Waals surface area contributed by atoms with Gasteiger partial charge in [-0.3, -0.25) is 0 Å². The van der Waals surface area contributed by atoms with Gasteiger partial charge < -0.3 is 0 Å². The van der Waals surface area contributed by atoms with Crippen LogP contribution >= 0.6 is 7.26 Å². The Bertz CT molecular complexity index is 358. The summed E-state index contributed by atoms with van der Waals surface area (Å²) in [7, 11) is -0.892. The first-order valence-corrected chi connectivity index (χ1v) is 11.3. The van der Waals surface area contributed by atoms with E-state index < -0.39 is 7.26 Å². The molecule has 1 aromatic rings. The van der Waals surface area contributed by atoms with Crippen LogP contribution in [0.25, 0.3) is 6.08 Å². The molecule has 0 saturated heterocycles. The van der Waals surface area contributed by atoms with Gasteiger partial charge in [-0.15, -0.1) is 0 Å². The van der Waals surface area contributed by atoms with E-state index in [-0.39, 0.29) is 0 Å². The topological polar surface area (TPSA) is 0 Å². The third-order valence-corrected chi connectivity index (χ3v) is 8.66. The minimum absolute atomic E-state index is 0.892. The smallest absolute Gasteiger partial charge is 0.0635 e. The first kappa shape index (κ1) is 18.4. The van der Waals surface area contributed by atoms with Gasteiger partial charge in [0, 0.05) is 7.26 Å². The average molecular weight is 305 g/mol. The van der Waals surface area contributed by atoms with E-state index in [2.05, 4.69) is 63.0 Å². The molecule has 0 aliphatic rings. The standard InChI is InChI=1S/C20H34P/c1-4-7-16-21(17-8-5-2,18-9-6-3)19-15-20-13-11-10-12-14-20/h10-15,19H,4-9,16-18H2,1-3H3/q+1. The summed E-state index contributed by atoms with van der Waals surface area (Å²) in [5.41, 5.74) is 1.37. The van der Waals surface area contributed by atoms with Gasteiger partial charge in [-0.2, -0.15) is 0 Å². The SMILES string of the molecule is CCCC[P+](C=Cc1ccccc1)(CCCC)CCCC. The number of hydrogen-bond donors (Lipinski definition) is 0. The van der Waals surface area contributed by atoms with Gasteiger partial charge in [0.25, 0.3) is 0 Å². The molecule has 0 unspecified atom stereocenters. The van der Waals surface area contributed by atoms with Crippen LogP contribution in [-0.2, 0) is 0 Å². The van der Waals surface area contributed by atoms with Crippen molar-refractivity contribution in [3.63, 3.8) is 0 Å². The normalized spacial score (nSPS) is 12.1. The highest BCUT2D eigenvalue weighted by molar-refractivity contribution is 7.78. The first-order valence-electron chi connectivity index (χ1n) is 8.86. The van der Waals surface area contributed by atoms with Crippen LogP contribution in [0.1, 0.15) is 64.9 Å². The maximum absolute atomic E-state index is 2.66. The Labute approximate surface area is 133 Å². The second kappa shape index (κ2) is 11.0. The van der Waals surface area contributed by atoms with Crippen LogP contribution in [0.3, 0.4) is 0 Å². The fraction of sp³-hybridized carbons (Fsp3) is 0.600. The Morgan fingerprint density at radius 2 is 1.24 bits per heavy atom. The lowest BCUT2D eigenvalue weighted by Crippen LogP contribution is -2.06. The van der Waals surface area contributed by atoms with Crippen LogP contribution in [0, 0.1) is 0 Å². The number of hydrogen-bond acceptors (Lipinski definition) is 0. The van der Waals surface area contributed by atoms with Crippen molar-refractivity contribution >= 4 is 13.3 Å². The van der Waals surface area contributed by atoms with Crippen molar-refractivity contribution < 1.29 is 0 Å². The Morgan fingerprint density at radius 1 is 0.762 bits per heavy atom. The average Bonchev–Trinajstić information content (AvgIpc) is 2.54. The van der Waals surface area contributed by atoms with Crippen LogP contribution in [0.4, 0.5) is 0 Å². The Kier molecular flexibility index (Phi) is 9.68. The van der Waals surface area contributed by atoms with Crippen molar-refractivity contribution in [1.29, 1.82) is 0 Å². The summed E-state index contributed by atoms with van der Waals surface area (Å²) in [4.78, 5) is 0. The zero-order valence-electron chi connectivity index (χ0n) is 14.4. The van der Waals surface area contributed by atoms with Gasteiger partial charge in [-0.25, -0.2) is 0 Å². The van der Waals surface area contributed by atoms with E-state index >= 15 is 0 Å². The van der Waals surface area contributed by atoms with E-state index in [0.29, 0.717) is 0 Å². The molecule has 0 nitrogen and oxygen atoms in total. The lowest BCUT2D eigenvalue weighted by molar-refractivity contribution is 0.840. The lowest BCUT2D eigenvalue weighted by atomic mass is 10.2. The molecule has 0 fully saturated rings. The summed E-state index contributed by atoms with van der Waals surface area (Å²) in [6.07, 6.45) is 15.0. The van der Waals surface area contributed by atoms with Gasteiger partial charge in [-0.05, 0) is 30.9 Å². The molecule has 0 aliphatic heterocycles. The van der Waals surface area contributed by atoms with Crippen molar-refractivity contribution in [2.45, 2.75) is 59.3 Å². The van der Waals surface area contributed by atoms with E-state index in [1.807, 2.05) is 0 Å². The third-order valence-electron chi connectivity index (χ3n) is 4.25. The molecule has 0 atom stereocenters. The summed E-state index contributed by atoms with van der Waals surface area (Å²) in [5, 5.41) is 0. The molecule has 1 heteroatoms. The monoisotopic (exact) mass is 305 g/mol. The van der Waals surface area contributed by atoms with Crippen LogP contribution in [-0.4, -0.2) is 18.5 Å². The molecule has 1 rings (SSSR count). The molecule has 0 aliphatic carbocycles. The summed E-state index contributed by atoms with van der Waals surface area (Å²) >= 11 is 0. The minimum Gasteiger partial charge on any atom is -0.0652 e. The van der Waals surface area contributed by atoms with Gasteiger partial charge >= 0.3 is 0 Å². The van der Waals surface area contributed by atoms with Crippen molar-refractivity contribution in [1.82, 2.24) is 0 Å². The molecule has 0 radical (unpaired) electrons. The van der Waals surface area contributed by atoms with Crippen molar-refractivity contribution in [2.75, 3.05) is 18.5 Å². The van der Waals surface area contributed by atoms with Gasteiger partial charge in [0.1, 0.15) is 0 Å². The molecule has 21 heavy (non-hydrogen) atoms. The molecule has 0 aromatic heterocycles. The second-order valence-corrected chi connectivity index (χ2v) is 10.3. The summed E-state index contributed by atoms with van der Waals surface area (Å²) in [6, 6.07) is 10.8. The number of benzene rings is 1. The van der Waals surface area contributed by atoms with E-state index in [4.69, 9.17) is 0 Å². The van der Waals surface area contributed by atoms with E-state index in [1.54, 1.807) is 0 Å². The zero-order chi connectivity index (χ0) is 15.4. The lowest BCUT2D eigenvalue weighted by Gasteiger charge is -2.24. The van der Waals surface area contributed by atoms with Gasteiger partial charge in [0.15, 0.2) is 0 Å². The van der Waals surface area contributed by atoms with Crippen molar-refractivity contribution in [2.24, 2.45) is 0 Å². The first-order chi connectivity index (χ1) is 10.3. The largest absolute Gasteiger partial charge is 0.0652 e. The molecule has 0 N–H and O–H groups in total. The van der Waals surface area contributed by atoms with Crippen LogP contribution < -0.4 is 0 Å². The third kappa shape index (κ3) is 7.28. The highest BCUT2D eigenvalue weighted by Crippen LogP contribution is 2.62. The fourth-order valence-electron chi connectivity index (χ4n) is 2.79. The second-order valence-electron chi connectivity index (χ2n) is 6.18.